The van der Waals surface area contributed by atoms with Gasteiger partial charge in [0, 0.05) is 19.4 Å². The largest absolute Gasteiger partial charge is 0.469 e. The third-order valence-electron chi connectivity index (χ3n) is 3.23. The summed E-state index contributed by atoms with van der Waals surface area (Å²) in [7, 11) is 1.37. The fraction of sp³-hybridized carbons (Fsp3) is 0.375. The standard InChI is InChI=1S/C16H20N4O3S/c1-23-14(21)9-5-8-13-19-20-16(24-13)18-15(22)17-11-10-12-6-3-2-4-7-12/h2-4,6-7H,5,8-11H2,1H3,(H2,17,18,20,22). The molecule has 0 radical (unpaired) electrons. The van der Waals surface area contributed by atoms with Crippen LogP contribution in [0.5, 0.6) is 0 Å². The van der Waals surface area contributed by atoms with Crippen molar-refractivity contribution in [3.63, 3.8) is 0 Å². The third-order valence-corrected chi connectivity index (χ3v) is 4.13. The van der Waals surface area contributed by atoms with Crippen LogP contribution in [0.3, 0.4) is 0 Å². The highest BCUT2D eigenvalue weighted by molar-refractivity contribution is 7.15. The van der Waals surface area contributed by atoms with Gasteiger partial charge in [-0.15, -0.1) is 10.2 Å². The monoisotopic (exact) mass is 348 g/mol. The lowest BCUT2D eigenvalue weighted by Crippen LogP contribution is -2.30. The van der Waals surface area contributed by atoms with Crippen LogP contribution < -0.4 is 10.6 Å². The van der Waals surface area contributed by atoms with Gasteiger partial charge in [-0.25, -0.2) is 4.79 Å². The molecule has 0 spiro atoms. The van der Waals surface area contributed by atoms with E-state index in [-0.39, 0.29) is 12.0 Å². The zero-order valence-corrected chi connectivity index (χ0v) is 14.3. The van der Waals surface area contributed by atoms with Gasteiger partial charge in [0.25, 0.3) is 0 Å². The maximum absolute atomic E-state index is 11.8. The second-order valence-corrected chi connectivity index (χ2v) is 6.11. The van der Waals surface area contributed by atoms with Crippen molar-refractivity contribution in [2.75, 3.05) is 19.0 Å². The summed E-state index contributed by atoms with van der Waals surface area (Å²) in [6.45, 7) is 0.542. The molecule has 1 aromatic carbocycles. The minimum atomic E-state index is -0.303. The number of esters is 1. The van der Waals surface area contributed by atoms with Gasteiger partial charge in [0.1, 0.15) is 5.01 Å². The lowest BCUT2D eigenvalue weighted by atomic mass is 10.1. The summed E-state index contributed by atoms with van der Waals surface area (Å²) in [5.41, 5.74) is 1.17. The average molecular weight is 348 g/mol. The van der Waals surface area contributed by atoms with Crippen LogP contribution in [0.2, 0.25) is 0 Å². The first-order valence-electron chi connectivity index (χ1n) is 7.65. The van der Waals surface area contributed by atoms with Crippen molar-refractivity contribution in [1.82, 2.24) is 15.5 Å². The van der Waals surface area contributed by atoms with Gasteiger partial charge >= 0.3 is 12.0 Å². The summed E-state index contributed by atoms with van der Waals surface area (Å²) in [5, 5.41) is 14.6. The molecule has 1 heterocycles. The summed E-state index contributed by atoms with van der Waals surface area (Å²) in [5.74, 6) is -0.240. The van der Waals surface area contributed by atoms with E-state index in [0.29, 0.717) is 30.9 Å². The Morgan fingerprint density at radius 3 is 2.71 bits per heavy atom. The molecule has 0 atom stereocenters. The van der Waals surface area contributed by atoms with E-state index in [4.69, 9.17) is 0 Å². The highest BCUT2D eigenvalue weighted by atomic mass is 32.1. The predicted octanol–water partition coefficient (Wildman–Crippen LogP) is 2.40. The van der Waals surface area contributed by atoms with Crippen molar-refractivity contribution >= 4 is 28.5 Å². The number of benzene rings is 1. The molecule has 0 bridgehead atoms. The van der Waals surface area contributed by atoms with Gasteiger partial charge in [-0.1, -0.05) is 41.7 Å². The number of hydrogen-bond donors (Lipinski definition) is 2. The fourth-order valence-electron chi connectivity index (χ4n) is 2.00. The number of anilines is 1. The van der Waals surface area contributed by atoms with Crippen LogP contribution in [0.25, 0.3) is 0 Å². The molecule has 0 aliphatic rings. The number of ether oxygens (including phenoxy) is 1. The Morgan fingerprint density at radius 2 is 1.96 bits per heavy atom. The third kappa shape index (κ3) is 6.33. The molecule has 0 fully saturated rings. The van der Waals surface area contributed by atoms with Crippen LogP contribution in [0.1, 0.15) is 23.4 Å². The number of aromatic nitrogens is 2. The van der Waals surface area contributed by atoms with Gasteiger partial charge in [0.2, 0.25) is 5.13 Å². The molecule has 0 aliphatic heterocycles. The minimum absolute atomic E-state index is 0.240. The number of urea groups is 1. The molecule has 8 heteroatoms. The molecule has 0 unspecified atom stereocenters. The second-order valence-electron chi connectivity index (χ2n) is 5.05. The molecular formula is C16H20N4O3S. The van der Waals surface area contributed by atoms with E-state index in [1.807, 2.05) is 30.3 Å². The topological polar surface area (TPSA) is 93.2 Å². The molecule has 0 saturated heterocycles. The minimum Gasteiger partial charge on any atom is -0.469 e. The second kappa shape index (κ2) is 9.61. The smallest absolute Gasteiger partial charge is 0.321 e. The molecule has 128 valence electrons. The maximum atomic E-state index is 11.8. The van der Waals surface area contributed by atoms with Gasteiger partial charge < -0.3 is 10.1 Å². The Balaban J connectivity index is 1.67. The van der Waals surface area contributed by atoms with Crippen LogP contribution in [0, 0.1) is 0 Å². The van der Waals surface area contributed by atoms with Gasteiger partial charge in [0.05, 0.1) is 7.11 Å². The Hall–Kier alpha value is -2.48. The van der Waals surface area contributed by atoms with Crippen LogP contribution in [0.15, 0.2) is 30.3 Å². The lowest BCUT2D eigenvalue weighted by molar-refractivity contribution is -0.140. The van der Waals surface area contributed by atoms with Crippen molar-refractivity contribution in [3.8, 4) is 0 Å². The SMILES string of the molecule is COC(=O)CCCc1nnc(NC(=O)NCCc2ccccc2)s1. The molecule has 7 nitrogen and oxygen atoms in total. The van der Waals surface area contributed by atoms with E-state index in [2.05, 4.69) is 25.6 Å². The first-order chi connectivity index (χ1) is 11.7. The van der Waals surface area contributed by atoms with E-state index >= 15 is 0 Å². The lowest BCUT2D eigenvalue weighted by Gasteiger charge is -2.05. The summed E-state index contributed by atoms with van der Waals surface area (Å²) in [4.78, 5) is 22.8. The molecule has 2 aromatic rings. The van der Waals surface area contributed by atoms with Crippen molar-refractivity contribution in [2.45, 2.75) is 25.7 Å². The number of aryl methyl sites for hydroxylation is 1. The Kier molecular flexibility index (Phi) is 7.16. The molecule has 0 saturated carbocycles. The number of rotatable bonds is 8. The van der Waals surface area contributed by atoms with Gasteiger partial charge in [0.15, 0.2) is 0 Å². The average Bonchev–Trinajstić information content (AvgIpc) is 3.03. The van der Waals surface area contributed by atoms with Crippen LogP contribution in [-0.2, 0) is 22.4 Å². The quantitative estimate of drug-likeness (QED) is 0.715. The Morgan fingerprint density at radius 1 is 1.17 bits per heavy atom. The van der Waals surface area contributed by atoms with E-state index in [0.717, 1.165) is 11.4 Å². The number of hydrogen-bond acceptors (Lipinski definition) is 6. The van der Waals surface area contributed by atoms with E-state index in [1.54, 1.807) is 0 Å². The van der Waals surface area contributed by atoms with E-state index < -0.39 is 0 Å². The first kappa shape index (κ1) is 17.9. The normalized spacial score (nSPS) is 10.2. The number of carbonyl (C=O) groups is 2. The zero-order chi connectivity index (χ0) is 17.2. The molecular weight excluding hydrogens is 328 g/mol. The van der Waals surface area contributed by atoms with Crippen molar-refractivity contribution in [2.24, 2.45) is 0 Å². The molecule has 24 heavy (non-hydrogen) atoms. The van der Waals surface area contributed by atoms with Crippen molar-refractivity contribution < 1.29 is 14.3 Å². The predicted molar refractivity (Wildman–Crippen MR) is 92.0 cm³/mol. The number of nitrogens with one attached hydrogen (secondary N) is 2. The molecule has 0 aliphatic carbocycles. The highest BCUT2D eigenvalue weighted by Gasteiger charge is 2.08. The number of nitrogens with zero attached hydrogens (tertiary/aromatic N) is 2. The fourth-order valence-corrected chi connectivity index (χ4v) is 2.77. The van der Waals surface area contributed by atoms with E-state index in [1.165, 1.54) is 24.0 Å². The van der Waals surface area contributed by atoms with Gasteiger partial charge in [-0.2, -0.15) is 0 Å². The number of amides is 2. The van der Waals surface area contributed by atoms with Crippen LogP contribution in [-0.4, -0.2) is 35.9 Å². The molecule has 2 amide bonds. The van der Waals surface area contributed by atoms with Crippen molar-refractivity contribution in [1.29, 1.82) is 0 Å². The maximum Gasteiger partial charge on any atom is 0.321 e. The summed E-state index contributed by atoms with van der Waals surface area (Å²) in [6.07, 6.45) is 2.39. The van der Waals surface area contributed by atoms with Crippen LogP contribution >= 0.6 is 11.3 Å². The van der Waals surface area contributed by atoms with E-state index in [9.17, 15) is 9.59 Å². The Labute approximate surface area is 144 Å². The molecule has 2 N–H and O–H groups in total. The zero-order valence-electron chi connectivity index (χ0n) is 13.4. The van der Waals surface area contributed by atoms with Crippen LogP contribution in [0.4, 0.5) is 9.93 Å². The van der Waals surface area contributed by atoms with Gasteiger partial charge in [-0.05, 0) is 18.4 Å². The van der Waals surface area contributed by atoms with Gasteiger partial charge in [-0.3, -0.25) is 10.1 Å². The highest BCUT2D eigenvalue weighted by Crippen LogP contribution is 2.17. The molecule has 1 aromatic heterocycles. The number of methoxy groups -OCH3 is 1. The summed E-state index contributed by atoms with van der Waals surface area (Å²) < 4.78 is 4.58. The first-order valence-corrected chi connectivity index (χ1v) is 8.47. The summed E-state index contributed by atoms with van der Waals surface area (Å²) in [6, 6.07) is 9.64. The summed E-state index contributed by atoms with van der Waals surface area (Å²) >= 11 is 1.30. The van der Waals surface area contributed by atoms with Crippen molar-refractivity contribution in [3.05, 3.63) is 40.9 Å². The number of carbonyl (C=O) groups excluding carboxylic acids is 2. The molecule has 2 rings (SSSR count). The Bertz CT molecular complexity index is 660.